The van der Waals surface area contributed by atoms with E-state index in [4.69, 9.17) is 14.2 Å². The number of ether oxygens (including phenoxy) is 3. The fraction of sp³-hybridized carbons (Fsp3) is 0.662. The number of aliphatic hydroxyl groups is 1. The van der Waals surface area contributed by atoms with Crippen molar-refractivity contribution in [3.63, 3.8) is 0 Å². The summed E-state index contributed by atoms with van der Waals surface area (Å²) in [5, 5.41) is 41.8. The van der Waals surface area contributed by atoms with Gasteiger partial charge in [-0.05, 0) is 92.2 Å². The van der Waals surface area contributed by atoms with Gasteiger partial charge in [-0.1, -0.05) is 125 Å². The van der Waals surface area contributed by atoms with E-state index in [9.17, 15) is 44.1 Å². The molecule has 0 spiro atoms. The summed E-state index contributed by atoms with van der Waals surface area (Å²) in [6.45, 7) is 22.1. The van der Waals surface area contributed by atoms with Gasteiger partial charge in [-0.3, -0.25) is 33.4 Å². The normalized spacial score (nSPS) is 16.8. The molecule has 0 saturated carbocycles. The molecule has 85 heavy (non-hydrogen) atoms. The number of amides is 5. The summed E-state index contributed by atoms with van der Waals surface area (Å²) >= 11 is 1.78. The Kier molecular flexibility index (Phi) is 29.1. The molecule has 6 N–H and O–H groups in total. The van der Waals surface area contributed by atoms with E-state index in [0.29, 0.717) is 62.7 Å². The van der Waals surface area contributed by atoms with Crippen molar-refractivity contribution < 1.29 is 58.3 Å². The third-order valence-electron chi connectivity index (χ3n) is 17.3. The Labute approximate surface area is 511 Å². The second-order valence-electron chi connectivity index (χ2n) is 23.8. The Balaban J connectivity index is 1.31. The topological polar surface area (TPSA) is 242 Å². The standard InChI is InChI=1S/C65H103N7O12S/c1-16-43(9)57(52(82-14)38-54(75)71-36-26-30-51(71)59(83-15)44(10)60(77)67-45(11)58(76)47-27-22-20-23-28-47)69(12)63(80)55(41(5)6)68-61(78)56(42(7)8)70(13)64(81)84-40-46-31-33-48(34-32-46)66-39-49(73)29-24-21-25-35-72-53(74)37-50(62(72)79)65(17-2,18-3)85-19-4/h20,22-23,27-28,31-34,37,41-45,51-52,55-59,66,74,76,79H,16-19,21,24-26,29-30,35-36,38-40H2,1-15H3,(H,67,77)(H,68,78). The molecule has 4 rings (SSSR count). The van der Waals surface area contributed by atoms with E-state index < -0.39 is 66.4 Å². The third-order valence-corrected chi connectivity index (χ3v) is 19.0. The van der Waals surface area contributed by atoms with Gasteiger partial charge in [0.05, 0.1) is 55.3 Å². The molecule has 0 radical (unpaired) electrons. The van der Waals surface area contributed by atoms with Gasteiger partial charge in [-0.15, -0.1) is 0 Å². The average Bonchev–Trinajstić information content (AvgIpc) is 2.72. The van der Waals surface area contributed by atoms with Crippen LogP contribution in [0.2, 0.25) is 0 Å². The minimum Gasteiger partial charge on any atom is -0.494 e. The van der Waals surface area contributed by atoms with E-state index >= 15 is 0 Å². The smallest absolute Gasteiger partial charge is 0.410 e. The number of thioether (sulfide) groups is 1. The number of hydrogen-bond acceptors (Lipinski definition) is 14. The second kappa shape index (κ2) is 34.5. The number of methoxy groups -OCH3 is 2. The zero-order valence-electron chi connectivity index (χ0n) is 53.5. The SMILES string of the molecule is CCSC(CC)(CC)c1cc(O)n(CCCCCC(=O)CNc2ccc(COC(=O)N(C)C(C(=O)NC(C(=O)N(C)C(C(C)CC)C(CC(=O)N3CCCC3C(OC)C(C)C(=O)NC(C)C(O)c3ccccc3)OC)C(C)C)C(C)C)cc2)c1O. The fourth-order valence-corrected chi connectivity index (χ4v) is 13.3. The summed E-state index contributed by atoms with van der Waals surface area (Å²) in [5.41, 5.74) is 2.87. The number of unbranched alkanes of at least 4 members (excludes halogenated alkanes) is 2. The number of likely N-dealkylation sites (N-methyl/N-ethyl adjacent to an activating group) is 2. The predicted octanol–water partition coefficient (Wildman–Crippen LogP) is 9.80. The highest BCUT2D eigenvalue weighted by atomic mass is 32.2. The molecule has 2 heterocycles. The number of carbonyl (C=O) groups excluding carboxylic acids is 6. The highest BCUT2D eigenvalue weighted by molar-refractivity contribution is 8.00. The lowest BCUT2D eigenvalue weighted by molar-refractivity contribution is -0.148. The number of hydrogen-bond donors (Lipinski definition) is 6. The maximum Gasteiger partial charge on any atom is 0.410 e. The fourth-order valence-electron chi connectivity index (χ4n) is 12.0. The van der Waals surface area contributed by atoms with Gasteiger partial charge in [0.1, 0.15) is 18.7 Å². The van der Waals surface area contributed by atoms with E-state index in [1.165, 1.54) is 26.2 Å². The van der Waals surface area contributed by atoms with Gasteiger partial charge < -0.3 is 55.3 Å². The van der Waals surface area contributed by atoms with E-state index in [1.54, 1.807) is 89.5 Å². The van der Waals surface area contributed by atoms with Crippen molar-refractivity contribution in [2.45, 2.75) is 207 Å². The lowest BCUT2D eigenvalue weighted by Gasteiger charge is -2.41. The van der Waals surface area contributed by atoms with Crippen molar-refractivity contribution in [2.24, 2.45) is 23.7 Å². The van der Waals surface area contributed by atoms with Crippen molar-refractivity contribution in [3.05, 3.63) is 77.4 Å². The van der Waals surface area contributed by atoms with Crippen LogP contribution in [0.1, 0.15) is 163 Å². The molecule has 476 valence electrons. The molecule has 2 aromatic carbocycles. The Morgan fingerprint density at radius 2 is 1.47 bits per heavy atom. The number of anilines is 1. The zero-order chi connectivity index (χ0) is 63.3. The summed E-state index contributed by atoms with van der Waals surface area (Å²) in [4.78, 5) is 88.2. The summed E-state index contributed by atoms with van der Waals surface area (Å²) < 4.78 is 19.1. The molecule has 19 nitrogen and oxygen atoms in total. The lowest BCUT2D eigenvalue weighted by atomic mass is 9.89. The van der Waals surface area contributed by atoms with Gasteiger partial charge in [-0.25, -0.2) is 4.79 Å². The molecule has 10 unspecified atom stereocenters. The molecule has 20 heteroatoms. The number of aliphatic hydroxyl groups excluding tert-OH is 1. The highest BCUT2D eigenvalue weighted by Crippen LogP contribution is 2.48. The van der Waals surface area contributed by atoms with Crippen molar-refractivity contribution >= 4 is 53.0 Å². The van der Waals surface area contributed by atoms with Crippen LogP contribution in [0.25, 0.3) is 0 Å². The molecule has 5 amide bonds. The van der Waals surface area contributed by atoms with E-state index in [-0.39, 0.29) is 77.3 Å². The first kappa shape index (κ1) is 71.6. The molecule has 1 saturated heterocycles. The summed E-state index contributed by atoms with van der Waals surface area (Å²) in [7, 11) is 6.21. The van der Waals surface area contributed by atoms with E-state index in [1.807, 2.05) is 59.7 Å². The van der Waals surface area contributed by atoms with Crippen molar-refractivity contribution in [2.75, 3.05) is 52.5 Å². The van der Waals surface area contributed by atoms with Crippen LogP contribution in [-0.4, -0.2) is 160 Å². The van der Waals surface area contributed by atoms with Crippen LogP contribution in [0.15, 0.2) is 60.7 Å². The van der Waals surface area contributed by atoms with Crippen LogP contribution in [0.5, 0.6) is 11.8 Å². The number of ketones is 1. The van der Waals surface area contributed by atoms with Gasteiger partial charge in [0.2, 0.25) is 23.6 Å². The first-order valence-electron chi connectivity index (χ1n) is 30.8. The van der Waals surface area contributed by atoms with E-state index in [2.05, 4.69) is 36.7 Å². The second-order valence-corrected chi connectivity index (χ2v) is 25.4. The number of aromatic nitrogens is 1. The molecule has 0 aliphatic carbocycles. The molecule has 1 aliphatic heterocycles. The summed E-state index contributed by atoms with van der Waals surface area (Å²) in [5.74, 6) is -1.83. The largest absolute Gasteiger partial charge is 0.494 e. The van der Waals surface area contributed by atoms with Crippen LogP contribution in [0.4, 0.5) is 10.5 Å². The van der Waals surface area contributed by atoms with Gasteiger partial charge in [0.25, 0.3) is 0 Å². The van der Waals surface area contributed by atoms with Crippen LogP contribution < -0.4 is 16.0 Å². The van der Waals surface area contributed by atoms with Crippen molar-refractivity contribution in [1.82, 2.24) is 29.9 Å². The Morgan fingerprint density at radius 1 is 0.812 bits per heavy atom. The van der Waals surface area contributed by atoms with E-state index in [0.717, 1.165) is 36.3 Å². The molecule has 1 aliphatic rings. The minimum absolute atomic E-state index is 0.0507. The van der Waals surface area contributed by atoms with Gasteiger partial charge in [0.15, 0.2) is 17.5 Å². The Hall–Kier alpha value is -5.83. The number of benzene rings is 2. The van der Waals surface area contributed by atoms with Crippen molar-refractivity contribution in [1.29, 1.82) is 0 Å². The summed E-state index contributed by atoms with van der Waals surface area (Å²) in [6, 6.07) is 14.4. The van der Waals surface area contributed by atoms with Gasteiger partial charge in [-0.2, -0.15) is 11.8 Å². The quantitative estimate of drug-likeness (QED) is 0.0297. The zero-order valence-corrected chi connectivity index (χ0v) is 54.3. The van der Waals surface area contributed by atoms with Gasteiger partial charge >= 0.3 is 6.09 Å². The molecule has 1 aromatic heterocycles. The van der Waals surface area contributed by atoms with Crippen molar-refractivity contribution in [3.8, 4) is 11.8 Å². The Bertz CT molecular complexity index is 2580. The number of aromatic hydroxyl groups is 2. The maximum absolute atomic E-state index is 14.7. The number of rotatable bonds is 36. The maximum atomic E-state index is 14.7. The minimum atomic E-state index is -1.00. The first-order chi connectivity index (χ1) is 40.4. The monoisotopic (exact) mass is 1210 g/mol. The number of nitrogens with one attached hydrogen (secondary N) is 3. The first-order valence-corrected chi connectivity index (χ1v) is 31.8. The molecule has 0 bridgehead atoms. The Morgan fingerprint density at radius 3 is 2.05 bits per heavy atom. The molecule has 1 fully saturated rings. The van der Waals surface area contributed by atoms with Crippen LogP contribution >= 0.6 is 11.8 Å². The lowest BCUT2D eigenvalue weighted by Crippen LogP contribution is -2.60. The number of carbonyl (C=O) groups is 6. The van der Waals surface area contributed by atoms with Crippen LogP contribution in [-0.2, 0) is 56.1 Å². The number of likely N-dealkylation sites (tertiary alicyclic amines) is 1. The molecule has 10 atom stereocenters. The number of nitrogens with zero attached hydrogens (tertiary/aromatic N) is 4. The third kappa shape index (κ3) is 19.1. The average molecular weight is 1210 g/mol. The van der Waals surface area contributed by atoms with Gasteiger partial charge in [0, 0.05) is 69.9 Å². The summed E-state index contributed by atoms with van der Waals surface area (Å²) in [6.07, 6.45) is 3.09. The molecular formula is C65H103N7O12S. The predicted molar refractivity (Wildman–Crippen MR) is 335 cm³/mol. The molecular weight excluding hydrogens is 1100 g/mol. The molecule has 3 aromatic rings. The highest BCUT2D eigenvalue weighted by Gasteiger charge is 2.44. The van der Waals surface area contributed by atoms with Crippen LogP contribution in [0.3, 0.4) is 0 Å². The van der Waals surface area contributed by atoms with Crippen LogP contribution in [0, 0.1) is 23.7 Å². The number of Topliss-reactive ketones (excluding diaryl/α,β-unsaturated/α-hetero) is 1.